The zero-order chi connectivity index (χ0) is 30.4. The molecule has 2 N–H and O–H groups in total. The Morgan fingerprint density at radius 1 is 1.02 bits per heavy atom. The second kappa shape index (κ2) is 13.1. The van der Waals surface area contributed by atoms with Gasteiger partial charge in [0.05, 0.1) is 18.9 Å². The minimum absolute atomic E-state index is 0.0363. The Bertz CT molecular complexity index is 996. The maximum Gasteiger partial charge on any atom is 0.490 e. The molecule has 1 amide bonds. The Labute approximate surface area is 224 Å². The summed E-state index contributed by atoms with van der Waals surface area (Å²) < 4.78 is 84.0. The SMILES string of the molecule is CN1C[C@@H](COCc2ccccn2)[C@]2(CCN(C(=O)C3(F)CCC3)C2)C1.O=C(O)C(F)(F)F.O=C(O)C(F)(F)F. The highest BCUT2D eigenvalue weighted by molar-refractivity contribution is 5.86. The molecule has 40 heavy (non-hydrogen) atoms. The van der Waals surface area contributed by atoms with Gasteiger partial charge in [-0.3, -0.25) is 9.78 Å². The molecule has 1 aromatic rings. The van der Waals surface area contributed by atoms with Gasteiger partial charge in [-0.1, -0.05) is 6.07 Å². The zero-order valence-electron chi connectivity index (χ0n) is 21.5. The predicted molar refractivity (Wildman–Crippen MR) is 124 cm³/mol. The monoisotopic (exact) mass is 589 g/mol. The normalized spacial score (nSPS) is 23.9. The molecular formula is C24H30F7N3O6. The molecule has 1 spiro atoms. The third-order valence-electron chi connectivity index (χ3n) is 6.96. The number of hydrogen-bond donors (Lipinski definition) is 2. The van der Waals surface area contributed by atoms with Crippen LogP contribution in [0.4, 0.5) is 30.7 Å². The summed E-state index contributed by atoms with van der Waals surface area (Å²) in [7, 11) is 2.12. The average Bonchev–Trinajstić information content (AvgIpc) is 3.39. The van der Waals surface area contributed by atoms with E-state index in [0.717, 1.165) is 31.6 Å². The number of likely N-dealkylation sites (tertiary alicyclic amines) is 2. The number of halogens is 7. The Kier molecular flexibility index (Phi) is 10.9. The van der Waals surface area contributed by atoms with Gasteiger partial charge in [0, 0.05) is 43.7 Å². The number of amides is 1. The van der Waals surface area contributed by atoms with E-state index in [1.54, 1.807) is 11.1 Å². The van der Waals surface area contributed by atoms with Gasteiger partial charge in [-0.15, -0.1) is 0 Å². The van der Waals surface area contributed by atoms with Crippen LogP contribution in [0.3, 0.4) is 0 Å². The largest absolute Gasteiger partial charge is 0.490 e. The molecule has 9 nitrogen and oxygen atoms in total. The molecule has 3 fully saturated rings. The van der Waals surface area contributed by atoms with Gasteiger partial charge in [-0.2, -0.15) is 26.3 Å². The first-order valence-electron chi connectivity index (χ1n) is 12.1. The summed E-state index contributed by atoms with van der Waals surface area (Å²) in [6.07, 6.45) is -5.83. The highest BCUT2D eigenvalue weighted by Crippen LogP contribution is 2.46. The van der Waals surface area contributed by atoms with Gasteiger partial charge in [-0.25, -0.2) is 14.0 Å². The van der Waals surface area contributed by atoms with Crippen molar-refractivity contribution in [3.05, 3.63) is 30.1 Å². The first-order chi connectivity index (χ1) is 18.4. The molecular weight excluding hydrogens is 559 g/mol. The maximum absolute atomic E-state index is 14.6. The van der Waals surface area contributed by atoms with Crippen LogP contribution in [0.2, 0.25) is 0 Å². The lowest BCUT2D eigenvalue weighted by Crippen LogP contribution is -2.50. The molecule has 1 aromatic heterocycles. The van der Waals surface area contributed by atoms with Crippen molar-refractivity contribution in [3.63, 3.8) is 0 Å². The summed E-state index contributed by atoms with van der Waals surface area (Å²) in [5.41, 5.74) is -0.615. The number of aromatic nitrogens is 1. The number of carboxylic acid groups (broad SMARTS) is 2. The highest BCUT2D eigenvalue weighted by atomic mass is 19.4. The lowest BCUT2D eigenvalue weighted by atomic mass is 9.77. The topological polar surface area (TPSA) is 120 Å². The van der Waals surface area contributed by atoms with Gasteiger partial charge in [0.25, 0.3) is 5.91 Å². The van der Waals surface area contributed by atoms with E-state index in [2.05, 4.69) is 16.9 Å². The fourth-order valence-corrected chi connectivity index (χ4v) is 4.84. The molecule has 16 heteroatoms. The number of hydrogen-bond acceptors (Lipinski definition) is 6. The molecule has 0 radical (unpaired) electrons. The molecule has 0 unspecified atom stereocenters. The first kappa shape index (κ1) is 33.2. The van der Waals surface area contributed by atoms with E-state index in [1.165, 1.54) is 0 Å². The number of alkyl halides is 7. The van der Waals surface area contributed by atoms with Crippen LogP contribution >= 0.6 is 0 Å². The molecule has 1 aliphatic carbocycles. The van der Waals surface area contributed by atoms with Crippen LogP contribution < -0.4 is 0 Å². The van der Waals surface area contributed by atoms with Crippen molar-refractivity contribution in [2.45, 2.75) is 50.3 Å². The van der Waals surface area contributed by atoms with Gasteiger partial charge < -0.3 is 24.7 Å². The van der Waals surface area contributed by atoms with Crippen molar-refractivity contribution in [1.29, 1.82) is 0 Å². The van der Waals surface area contributed by atoms with Crippen molar-refractivity contribution in [2.24, 2.45) is 11.3 Å². The van der Waals surface area contributed by atoms with Crippen molar-refractivity contribution in [1.82, 2.24) is 14.8 Å². The number of nitrogens with zero attached hydrogens (tertiary/aromatic N) is 3. The molecule has 4 rings (SSSR count). The smallest absolute Gasteiger partial charge is 0.475 e. The third-order valence-corrected chi connectivity index (χ3v) is 6.96. The Hall–Kier alpha value is -3.01. The van der Waals surface area contributed by atoms with E-state index >= 15 is 0 Å². The number of rotatable bonds is 5. The molecule has 2 saturated heterocycles. The first-order valence-corrected chi connectivity index (χ1v) is 12.1. The van der Waals surface area contributed by atoms with Crippen molar-refractivity contribution in [3.8, 4) is 0 Å². The molecule has 1 saturated carbocycles. The minimum atomic E-state index is -5.08. The Balaban J connectivity index is 0.000000333. The van der Waals surface area contributed by atoms with Crippen LogP contribution in [0, 0.1) is 11.3 Å². The Morgan fingerprint density at radius 3 is 2.05 bits per heavy atom. The summed E-state index contributed by atoms with van der Waals surface area (Å²) in [5, 5.41) is 14.2. The third kappa shape index (κ3) is 9.01. The predicted octanol–water partition coefficient (Wildman–Crippen LogP) is 3.54. The lowest BCUT2D eigenvalue weighted by Gasteiger charge is -2.37. The number of ether oxygens (including phenoxy) is 1. The lowest BCUT2D eigenvalue weighted by molar-refractivity contribution is -0.193. The van der Waals surface area contributed by atoms with Crippen LogP contribution in [0.25, 0.3) is 0 Å². The van der Waals surface area contributed by atoms with Crippen LogP contribution in [-0.4, -0.2) is 101 Å². The molecule has 0 aromatic carbocycles. The summed E-state index contributed by atoms with van der Waals surface area (Å²) in [6, 6.07) is 5.82. The number of pyridine rings is 1. The van der Waals surface area contributed by atoms with Gasteiger partial charge in [0.15, 0.2) is 5.67 Å². The van der Waals surface area contributed by atoms with E-state index in [-0.39, 0.29) is 11.3 Å². The van der Waals surface area contributed by atoms with Gasteiger partial charge in [0.2, 0.25) is 0 Å². The van der Waals surface area contributed by atoms with Crippen LogP contribution in [0.1, 0.15) is 31.4 Å². The van der Waals surface area contributed by atoms with Crippen molar-refractivity contribution >= 4 is 17.8 Å². The van der Waals surface area contributed by atoms with E-state index in [1.807, 2.05) is 18.2 Å². The fourth-order valence-electron chi connectivity index (χ4n) is 4.84. The average molecular weight is 590 g/mol. The van der Waals surface area contributed by atoms with Crippen LogP contribution in [0.5, 0.6) is 0 Å². The second-order valence-electron chi connectivity index (χ2n) is 9.99. The van der Waals surface area contributed by atoms with Gasteiger partial charge in [-0.05, 0) is 44.9 Å². The van der Waals surface area contributed by atoms with Crippen molar-refractivity contribution in [2.75, 3.05) is 39.8 Å². The molecule has 0 bridgehead atoms. The van der Waals surface area contributed by atoms with E-state index in [0.29, 0.717) is 45.1 Å². The summed E-state index contributed by atoms with van der Waals surface area (Å²) in [5.74, 6) is -5.42. The zero-order valence-corrected chi connectivity index (χ0v) is 21.5. The van der Waals surface area contributed by atoms with Crippen molar-refractivity contribution < 1.29 is 60.1 Å². The van der Waals surface area contributed by atoms with E-state index < -0.39 is 30.0 Å². The molecule has 2 atom stereocenters. The summed E-state index contributed by atoms with van der Waals surface area (Å²) in [6.45, 7) is 4.42. The van der Waals surface area contributed by atoms with E-state index in [9.17, 15) is 35.5 Å². The van der Waals surface area contributed by atoms with Crippen LogP contribution in [-0.2, 0) is 25.7 Å². The van der Waals surface area contributed by atoms with Gasteiger partial charge >= 0.3 is 24.3 Å². The Morgan fingerprint density at radius 2 is 1.60 bits per heavy atom. The number of aliphatic carboxylic acids is 2. The number of carboxylic acids is 2. The fraction of sp³-hybridized carbons (Fsp3) is 0.667. The highest BCUT2D eigenvalue weighted by Gasteiger charge is 2.54. The quantitative estimate of drug-likeness (QED) is 0.501. The standard InChI is InChI=1S/C20H28FN3O2.2C2HF3O2/c1-23-11-16(12-26-13-17-5-2-3-9-22-17)19(14-23)8-10-24(15-19)18(25)20(21)6-4-7-20;2*3-2(4,5)1(6)7/h2-3,5,9,16H,4,6-8,10-15H2,1H3;2*(H,6,7)/t16-,19+;;/m0../s1. The molecule has 226 valence electrons. The van der Waals surface area contributed by atoms with E-state index in [4.69, 9.17) is 24.5 Å². The summed E-state index contributed by atoms with van der Waals surface area (Å²) >= 11 is 0. The minimum Gasteiger partial charge on any atom is -0.475 e. The van der Waals surface area contributed by atoms with Gasteiger partial charge in [0.1, 0.15) is 0 Å². The summed E-state index contributed by atoms with van der Waals surface area (Å²) in [4.78, 5) is 38.8. The molecule has 2 aliphatic heterocycles. The molecule has 3 heterocycles. The second-order valence-corrected chi connectivity index (χ2v) is 9.99. The van der Waals surface area contributed by atoms with Crippen LogP contribution in [0.15, 0.2) is 24.4 Å². The number of carbonyl (C=O) groups is 3. The molecule has 3 aliphatic rings. The maximum atomic E-state index is 14.6. The number of carbonyl (C=O) groups excluding carboxylic acids is 1.